The fraction of sp³-hybridized carbons (Fsp3) is 0.312. The summed E-state index contributed by atoms with van der Waals surface area (Å²) in [7, 11) is 0. The minimum Gasteiger partial charge on any atom is -0.508 e. The second kappa shape index (κ2) is 5.27. The lowest BCUT2D eigenvalue weighted by atomic mass is 10.2. The van der Waals surface area contributed by atoms with E-state index in [2.05, 4.69) is 15.0 Å². The van der Waals surface area contributed by atoms with Crippen molar-refractivity contribution < 1.29 is 20.1 Å². The fourth-order valence-corrected chi connectivity index (χ4v) is 3.49. The average molecular weight is 357 g/mol. The van der Waals surface area contributed by atoms with Crippen molar-refractivity contribution in [3.63, 3.8) is 0 Å². The summed E-state index contributed by atoms with van der Waals surface area (Å²) in [5, 5.41) is 28.9. The maximum Gasteiger partial charge on any atom is 0.356 e. The Kier molecular flexibility index (Phi) is 3.11. The molecule has 1 aliphatic carbocycles. The van der Waals surface area contributed by atoms with Crippen LogP contribution < -0.4 is 5.69 Å². The van der Waals surface area contributed by atoms with Crippen LogP contribution in [0.25, 0.3) is 28.2 Å². The van der Waals surface area contributed by atoms with E-state index in [0.717, 1.165) is 5.56 Å². The van der Waals surface area contributed by atoms with Crippen LogP contribution in [0.1, 0.15) is 12.6 Å². The molecule has 0 saturated carbocycles. The Hall–Kier alpha value is -2.95. The minimum absolute atomic E-state index is 0.122. The molecule has 0 spiro atoms. The van der Waals surface area contributed by atoms with Crippen molar-refractivity contribution in [2.75, 3.05) is 6.61 Å². The highest BCUT2D eigenvalue weighted by Gasteiger charge is 2.35. The second-order valence-electron chi connectivity index (χ2n) is 6.38. The Morgan fingerprint density at radius 1 is 1.35 bits per heavy atom. The van der Waals surface area contributed by atoms with E-state index in [-0.39, 0.29) is 18.8 Å². The highest BCUT2D eigenvalue weighted by molar-refractivity contribution is 5.84. The summed E-state index contributed by atoms with van der Waals surface area (Å²) in [4.78, 5) is 23.8. The van der Waals surface area contributed by atoms with Crippen LogP contribution in [0.2, 0.25) is 0 Å². The number of hydrogen-bond acceptors (Lipinski definition) is 7. The van der Waals surface area contributed by atoms with Crippen molar-refractivity contribution in [2.45, 2.75) is 24.9 Å². The first-order valence-electron chi connectivity index (χ1n) is 8.10. The van der Waals surface area contributed by atoms with Crippen LogP contribution >= 0.6 is 0 Å². The van der Waals surface area contributed by atoms with Crippen molar-refractivity contribution in [2.24, 2.45) is 0 Å². The van der Waals surface area contributed by atoms with Gasteiger partial charge in [-0.15, -0.1) is 0 Å². The van der Waals surface area contributed by atoms with Crippen molar-refractivity contribution in [3.05, 3.63) is 35.0 Å². The highest BCUT2D eigenvalue weighted by Crippen LogP contribution is 2.32. The minimum atomic E-state index is -0.813. The number of aliphatic hydroxyl groups is 2. The summed E-state index contributed by atoms with van der Waals surface area (Å²) >= 11 is 0. The lowest BCUT2D eigenvalue weighted by Gasteiger charge is -2.15. The smallest absolute Gasteiger partial charge is 0.356 e. The SMILES string of the molecule is O=c1ncn([C@H]2C[C@H](O)[C@@H](CO)O2)c2nc3[nH]c4cc(O)cc-4cc3n12. The third-order valence-electron chi connectivity index (χ3n) is 4.76. The number of hydrogen-bond donors (Lipinski definition) is 4. The van der Waals surface area contributed by atoms with Gasteiger partial charge >= 0.3 is 5.69 Å². The maximum absolute atomic E-state index is 12.4. The number of imidazole rings is 1. The third-order valence-corrected chi connectivity index (χ3v) is 4.76. The van der Waals surface area contributed by atoms with E-state index >= 15 is 0 Å². The quantitative estimate of drug-likeness (QED) is 0.390. The fourth-order valence-electron chi connectivity index (χ4n) is 3.49. The number of ether oxygens (including phenoxy) is 1. The first kappa shape index (κ1) is 15.3. The zero-order valence-corrected chi connectivity index (χ0v) is 13.4. The standard InChI is InChI=1S/C16H15N5O5/c22-5-12-11(24)4-13(26-12)20-6-17-16(25)21-10-2-7-1-8(23)3-9(7)18-14(10)19-15(20)21/h1-3,6,11-13,18,22-24H,4-5H2/t11-,12+,13+/m0/s1. The highest BCUT2D eigenvalue weighted by atomic mass is 16.5. The van der Waals surface area contributed by atoms with Crippen LogP contribution in [0.4, 0.5) is 0 Å². The first-order chi connectivity index (χ1) is 12.5. The summed E-state index contributed by atoms with van der Waals surface area (Å²) in [6.45, 7) is -0.301. The molecule has 10 heteroatoms. The first-order valence-corrected chi connectivity index (χ1v) is 8.10. The van der Waals surface area contributed by atoms with Gasteiger partial charge in [0.2, 0.25) is 5.78 Å². The van der Waals surface area contributed by atoms with Gasteiger partial charge in [0.05, 0.1) is 23.9 Å². The van der Waals surface area contributed by atoms with E-state index in [0.29, 0.717) is 22.6 Å². The Morgan fingerprint density at radius 2 is 2.19 bits per heavy atom. The van der Waals surface area contributed by atoms with Crippen LogP contribution in [-0.2, 0) is 4.74 Å². The van der Waals surface area contributed by atoms with E-state index in [1.165, 1.54) is 10.7 Å². The Balaban J connectivity index is 1.75. The average Bonchev–Trinajstić information content (AvgIpc) is 3.26. The molecular weight excluding hydrogens is 342 g/mol. The van der Waals surface area contributed by atoms with Crippen molar-refractivity contribution in [3.8, 4) is 17.0 Å². The predicted molar refractivity (Wildman–Crippen MR) is 89.0 cm³/mol. The summed E-state index contributed by atoms with van der Waals surface area (Å²) in [5.74, 6) is 0.432. The normalized spacial score (nSPS) is 23.5. The summed E-state index contributed by atoms with van der Waals surface area (Å²) in [5.41, 5.74) is 1.90. The summed E-state index contributed by atoms with van der Waals surface area (Å²) in [6, 6.07) is 4.91. The van der Waals surface area contributed by atoms with Crippen molar-refractivity contribution >= 4 is 16.9 Å². The number of fused-ring (bicyclic) bond motifs is 4. The molecule has 134 valence electrons. The zero-order valence-electron chi connectivity index (χ0n) is 13.4. The van der Waals surface area contributed by atoms with E-state index < -0.39 is 24.1 Å². The van der Waals surface area contributed by atoms with Gasteiger partial charge in [-0.05, 0) is 12.1 Å². The van der Waals surface area contributed by atoms with Gasteiger partial charge in [0.25, 0.3) is 0 Å². The van der Waals surface area contributed by atoms with E-state index in [4.69, 9.17) is 4.74 Å². The second-order valence-corrected chi connectivity index (χ2v) is 6.38. The van der Waals surface area contributed by atoms with E-state index in [1.54, 1.807) is 22.8 Å². The molecule has 2 aromatic rings. The molecule has 4 N–H and O–H groups in total. The van der Waals surface area contributed by atoms with Gasteiger partial charge in [-0.3, -0.25) is 4.57 Å². The maximum atomic E-state index is 12.4. The zero-order chi connectivity index (χ0) is 18.0. The number of aromatic amines is 1. The molecule has 5 rings (SSSR count). The van der Waals surface area contributed by atoms with Crippen molar-refractivity contribution in [1.82, 2.24) is 23.9 Å². The summed E-state index contributed by atoms with van der Waals surface area (Å²) in [6.07, 6.45) is -0.531. The molecule has 3 atom stereocenters. The monoisotopic (exact) mass is 357 g/mol. The molecule has 4 heterocycles. The molecule has 1 fully saturated rings. The Labute approximate surface area is 145 Å². The Morgan fingerprint density at radius 3 is 2.96 bits per heavy atom. The number of H-pyrrole nitrogens is 1. The molecule has 0 aromatic carbocycles. The number of nitrogens with zero attached hydrogens (tertiary/aromatic N) is 4. The van der Waals surface area contributed by atoms with Gasteiger partial charge < -0.3 is 25.0 Å². The van der Waals surface area contributed by atoms with E-state index in [9.17, 15) is 20.1 Å². The van der Waals surface area contributed by atoms with Gasteiger partial charge in [-0.2, -0.15) is 9.97 Å². The van der Waals surface area contributed by atoms with Gasteiger partial charge in [-0.25, -0.2) is 9.20 Å². The molecule has 2 aromatic heterocycles. The molecule has 10 nitrogen and oxygen atoms in total. The molecule has 0 amide bonds. The van der Waals surface area contributed by atoms with Crippen LogP contribution in [0.5, 0.6) is 5.75 Å². The topological polar surface area (TPSA) is 138 Å². The molecule has 0 bridgehead atoms. The molecule has 2 aliphatic heterocycles. The molecule has 0 radical (unpaired) electrons. The molecule has 3 aliphatic rings. The number of nitrogens with one attached hydrogen (secondary N) is 1. The lowest BCUT2D eigenvalue weighted by molar-refractivity contribution is -0.0438. The van der Waals surface area contributed by atoms with Crippen LogP contribution in [-0.4, -0.2) is 58.1 Å². The van der Waals surface area contributed by atoms with Gasteiger partial charge in [0.15, 0.2) is 5.65 Å². The number of pyridine rings is 1. The number of aliphatic hydroxyl groups excluding tert-OH is 2. The number of aromatic hydroxyl groups is 1. The van der Waals surface area contributed by atoms with Crippen LogP contribution in [0, 0.1) is 0 Å². The summed E-state index contributed by atoms with van der Waals surface area (Å²) < 4.78 is 8.57. The van der Waals surface area contributed by atoms with Gasteiger partial charge in [-0.1, -0.05) is 0 Å². The number of aromatic nitrogens is 5. The van der Waals surface area contributed by atoms with Crippen LogP contribution in [0.3, 0.4) is 0 Å². The predicted octanol–water partition coefficient (Wildman–Crippen LogP) is -0.177. The largest absolute Gasteiger partial charge is 0.508 e. The molecule has 0 unspecified atom stereocenters. The van der Waals surface area contributed by atoms with Gasteiger partial charge in [0.1, 0.15) is 24.4 Å². The Bertz CT molecular complexity index is 1160. The van der Waals surface area contributed by atoms with Crippen molar-refractivity contribution in [1.29, 1.82) is 0 Å². The van der Waals surface area contributed by atoms with E-state index in [1.807, 2.05) is 0 Å². The molecule has 1 saturated heterocycles. The van der Waals surface area contributed by atoms with Gasteiger partial charge in [0, 0.05) is 18.1 Å². The molecular formula is C16H15N5O5. The lowest BCUT2D eigenvalue weighted by Crippen LogP contribution is -2.25. The third kappa shape index (κ3) is 2.06. The molecule has 26 heavy (non-hydrogen) atoms. The van der Waals surface area contributed by atoms with Crippen LogP contribution in [0.15, 0.2) is 29.3 Å². The number of rotatable bonds is 2.